The molecule has 1 fully saturated rings. The topological polar surface area (TPSA) is 38.9 Å². The van der Waals surface area contributed by atoms with Gasteiger partial charge in [-0.25, -0.2) is 0 Å². The van der Waals surface area contributed by atoms with E-state index < -0.39 is 0 Å². The summed E-state index contributed by atoms with van der Waals surface area (Å²) in [5, 5.41) is 1.19. The van der Waals surface area contributed by atoms with Crippen molar-refractivity contribution in [3.8, 4) is 0 Å². The zero-order valence-electron chi connectivity index (χ0n) is 11.8. The molecule has 2 heteroatoms. The first-order valence-electron chi connectivity index (χ1n) is 7.24. The average molecular weight is 254 g/mol. The summed E-state index contributed by atoms with van der Waals surface area (Å²) in [5.74, 6) is 1.29. The van der Waals surface area contributed by atoms with Crippen LogP contribution in [0, 0.1) is 11.8 Å². The van der Waals surface area contributed by atoms with Gasteiger partial charge in [-0.2, -0.15) is 0 Å². The van der Waals surface area contributed by atoms with E-state index in [2.05, 4.69) is 43.1 Å². The first kappa shape index (κ1) is 12.6. The minimum atomic E-state index is -0.222. The van der Waals surface area contributed by atoms with Gasteiger partial charge in [-0.1, -0.05) is 38.1 Å². The smallest absolute Gasteiger partial charge is 0.0752 e. The summed E-state index contributed by atoms with van der Waals surface area (Å²) in [6, 6.07) is 10.5. The molecular formula is C17H22N2. The van der Waals surface area contributed by atoms with E-state index in [1.165, 1.54) is 23.8 Å². The van der Waals surface area contributed by atoms with E-state index in [1.807, 2.05) is 12.3 Å². The fourth-order valence-electron chi connectivity index (χ4n) is 3.54. The summed E-state index contributed by atoms with van der Waals surface area (Å²) < 4.78 is 0. The second kappa shape index (κ2) is 4.61. The Kier molecular flexibility index (Phi) is 3.06. The van der Waals surface area contributed by atoms with Crippen LogP contribution in [0.3, 0.4) is 0 Å². The molecule has 3 atom stereocenters. The van der Waals surface area contributed by atoms with E-state index in [-0.39, 0.29) is 5.54 Å². The number of para-hydroxylation sites is 1. The quantitative estimate of drug-likeness (QED) is 0.839. The molecule has 1 saturated carbocycles. The van der Waals surface area contributed by atoms with Crippen LogP contribution in [0.15, 0.2) is 36.5 Å². The van der Waals surface area contributed by atoms with Gasteiger partial charge in [0.1, 0.15) is 0 Å². The van der Waals surface area contributed by atoms with Gasteiger partial charge in [-0.15, -0.1) is 0 Å². The Bertz CT molecular complexity index is 587. The Morgan fingerprint density at radius 1 is 1.21 bits per heavy atom. The van der Waals surface area contributed by atoms with Crippen LogP contribution in [0.1, 0.15) is 38.7 Å². The highest BCUT2D eigenvalue weighted by atomic mass is 14.8. The van der Waals surface area contributed by atoms with Gasteiger partial charge in [0.15, 0.2) is 0 Å². The minimum absolute atomic E-state index is 0.222. The highest BCUT2D eigenvalue weighted by molar-refractivity contribution is 5.82. The Labute approximate surface area is 115 Å². The van der Waals surface area contributed by atoms with Crippen molar-refractivity contribution in [1.82, 2.24) is 4.98 Å². The third-order valence-electron chi connectivity index (χ3n) is 4.82. The number of aromatic nitrogens is 1. The van der Waals surface area contributed by atoms with Gasteiger partial charge in [0.05, 0.1) is 5.52 Å². The highest BCUT2D eigenvalue weighted by Crippen LogP contribution is 2.43. The van der Waals surface area contributed by atoms with Gasteiger partial charge >= 0.3 is 0 Å². The standard InChI is InChI=1S/C17H22N2/c1-12-8-9-17(18,13(2)11-12)15-7-3-5-14-6-4-10-19-16(14)15/h3-7,10,12-13H,8-9,11,18H2,1-2H3. The molecule has 2 aromatic rings. The number of fused-ring (bicyclic) bond motifs is 1. The van der Waals surface area contributed by atoms with Crippen LogP contribution in [0.25, 0.3) is 10.9 Å². The van der Waals surface area contributed by atoms with Gasteiger partial charge in [-0.3, -0.25) is 4.98 Å². The van der Waals surface area contributed by atoms with Crippen molar-refractivity contribution in [1.29, 1.82) is 0 Å². The lowest BCUT2D eigenvalue weighted by Gasteiger charge is -2.42. The van der Waals surface area contributed by atoms with Gasteiger partial charge in [0.2, 0.25) is 0 Å². The summed E-state index contributed by atoms with van der Waals surface area (Å²) in [7, 11) is 0. The lowest BCUT2D eigenvalue weighted by molar-refractivity contribution is 0.166. The maximum atomic E-state index is 6.81. The molecule has 0 bridgehead atoms. The Hall–Kier alpha value is -1.41. The molecule has 19 heavy (non-hydrogen) atoms. The largest absolute Gasteiger partial charge is 0.321 e. The molecule has 0 aliphatic heterocycles. The van der Waals surface area contributed by atoms with Crippen LogP contribution in [0.2, 0.25) is 0 Å². The second-order valence-electron chi connectivity index (χ2n) is 6.20. The molecule has 100 valence electrons. The van der Waals surface area contributed by atoms with Crippen molar-refractivity contribution in [2.75, 3.05) is 0 Å². The fraction of sp³-hybridized carbons (Fsp3) is 0.471. The molecule has 1 aliphatic rings. The van der Waals surface area contributed by atoms with Crippen LogP contribution in [0.5, 0.6) is 0 Å². The monoisotopic (exact) mass is 254 g/mol. The molecule has 1 heterocycles. The third-order valence-corrected chi connectivity index (χ3v) is 4.82. The molecule has 0 amide bonds. The van der Waals surface area contributed by atoms with Gasteiger partial charge in [0, 0.05) is 17.1 Å². The summed E-state index contributed by atoms with van der Waals surface area (Å²) in [6.45, 7) is 4.62. The van der Waals surface area contributed by atoms with Crippen molar-refractivity contribution < 1.29 is 0 Å². The third kappa shape index (κ3) is 2.04. The Balaban J connectivity index is 2.13. The van der Waals surface area contributed by atoms with E-state index in [4.69, 9.17) is 5.73 Å². The number of benzene rings is 1. The number of pyridine rings is 1. The number of nitrogens with two attached hydrogens (primary N) is 1. The maximum absolute atomic E-state index is 6.81. The molecule has 2 N–H and O–H groups in total. The van der Waals surface area contributed by atoms with Crippen LogP contribution in [0.4, 0.5) is 0 Å². The summed E-state index contributed by atoms with van der Waals surface area (Å²) >= 11 is 0. The van der Waals surface area contributed by atoms with E-state index >= 15 is 0 Å². The molecular weight excluding hydrogens is 232 g/mol. The number of hydrogen-bond donors (Lipinski definition) is 1. The number of hydrogen-bond acceptors (Lipinski definition) is 2. The molecule has 1 aliphatic carbocycles. The van der Waals surface area contributed by atoms with Gasteiger partial charge < -0.3 is 5.73 Å². The predicted molar refractivity (Wildman–Crippen MR) is 79.8 cm³/mol. The number of rotatable bonds is 1. The summed E-state index contributed by atoms with van der Waals surface area (Å²) in [4.78, 5) is 4.58. The zero-order chi connectivity index (χ0) is 13.5. The van der Waals surface area contributed by atoms with Crippen LogP contribution in [-0.2, 0) is 5.54 Å². The van der Waals surface area contributed by atoms with Crippen molar-refractivity contribution >= 4 is 10.9 Å². The first-order valence-corrected chi connectivity index (χ1v) is 7.24. The fourth-order valence-corrected chi connectivity index (χ4v) is 3.54. The second-order valence-corrected chi connectivity index (χ2v) is 6.20. The number of nitrogens with zero attached hydrogens (tertiary/aromatic N) is 1. The van der Waals surface area contributed by atoms with Crippen molar-refractivity contribution in [3.05, 3.63) is 42.1 Å². The molecule has 1 aromatic heterocycles. The van der Waals surface area contributed by atoms with Crippen LogP contribution in [-0.4, -0.2) is 4.98 Å². The van der Waals surface area contributed by atoms with Crippen molar-refractivity contribution in [2.45, 2.75) is 38.6 Å². The Morgan fingerprint density at radius 2 is 2.00 bits per heavy atom. The van der Waals surface area contributed by atoms with Crippen molar-refractivity contribution in [3.63, 3.8) is 0 Å². The summed E-state index contributed by atoms with van der Waals surface area (Å²) in [5.41, 5.74) is 8.89. The van der Waals surface area contributed by atoms with Crippen LogP contribution >= 0.6 is 0 Å². The predicted octanol–water partition coefficient (Wildman–Crippen LogP) is 3.84. The first-order chi connectivity index (χ1) is 9.11. The molecule has 0 saturated heterocycles. The molecule has 2 nitrogen and oxygen atoms in total. The Morgan fingerprint density at radius 3 is 2.79 bits per heavy atom. The molecule has 0 spiro atoms. The SMILES string of the molecule is CC1CCC(N)(c2cccc3cccnc23)C(C)C1. The van der Waals surface area contributed by atoms with Gasteiger partial charge in [0.25, 0.3) is 0 Å². The molecule has 3 rings (SSSR count). The molecule has 0 radical (unpaired) electrons. The highest BCUT2D eigenvalue weighted by Gasteiger charge is 2.39. The maximum Gasteiger partial charge on any atom is 0.0752 e. The van der Waals surface area contributed by atoms with Crippen molar-refractivity contribution in [2.24, 2.45) is 17.6 Å². The van der Waals surface area contributed by atoms with E-state index in [9.17, 15) is 0 Å². The zero-order valence-corrected chi connectivity index (χ0v) is 11.8. The van der Waals surface area contributed by atoms with E-state index in [1.54, 1.807) is 0 Å². The van der Waals surface area contributed by atoms with E-state index in [0.29, 0.717) is 5.92 Å². The van der Waals surface area contributed by atoms with Gasteiger partial charge in [-0.05, 0) is 42.7 Å². The molecule has 3 unspecified atom stereocenters. The summed E-state index contributed by atoms with van der Waals surface area (Å²) in [6.07, 6.45) is 5.35. The normalized spacial score (nSPS) is 31.5. The minimum Gasteiger partial charge on any atom is -0.321 e. The van der Waals surface area contributed by atoms with Crippen LogP contribution < -0.4 is 5.73 Å². The average Bonchev–Trinajstić information content (AvgIpc) is 2.43. The van der Waals surface area contributed by atoms with E-state index in [0.717, 1.165) is 17.9 Å². The molecule has 1 aromatic carbocycles. The lowest BCUT2D eigenvalue weighted by Crippen LogP contribution is -2.46. The lowest BCUT2D eigenvalue weighted by atomic mass is 9.67.